The lowest BCUT2D eigenvalue weighted by Gasteiger charge is -2.11. The van der Waals surface area contributed by atoms with Crippen molar-refractivity contribution in [1.82, 2.24) is 24.6 Å². The van der Waals surface area contributed by atoms with Crippen molar-refractivity contribution >= 4 is 23.2 Å². The summed E-state index contributed by atoms with van der Waals surface area (Å²) in [6.07, 6.45) is 3.41. The van der Waals surface area contributed by atoms with Gasteiger partial charge in [0, 0.05) is 42.3 Å². The van der Waals surface area contributed by atoms with Crippen molar-refractivity contribution in [1.29, 1.82) is 0 Å². The van der Waals surface area contributed by atoms with Crippen LogP contribution in [0, 0.1) is 18.6 Å². The highest BCUT2D eigenvalue weighted by molar-refractivity contribution is 5.59. The predicted molar refractivity (Wildman–Crippen MR) is 93.3 cm³/mol. The highest BCUT2D eigenvalue weighted by Crippen LogP contribution is 2.19. The van der Waals surface area contributed by atoms with Gasteiger partial charge in [-0.1, -0.05) is 0 Å². The maximum absolute atomic E-state index is 13.8. The molecule has 9 heteroatoms. The van der Waals surface area contributed by atoms with Crippen molar-refractivity contribution < 1.29 is 8.78 Å². The molecule has 0 atom stereocenters. The van der Waals surface area contributed by atoms with Gasteiger partial charge in [0.1, 0.15) is 23.1 Å². The molecule has 1 aromatic carbocycles. The van der Waals surface area contributed by atoms with Crippen LogP contribution >= 0.6 is 0 Å². The van der Waals surface area contributed by atoms with E-state index in [9.17, 15) is 8.78 Å². The molecule has 3 N–H and O–H groups in total. The molecule has 0 fully saturated rings. The third-order valence-electron chi connectivity index (χ3n) is 3.80. The Balaban J connectivity index is 1.62. The Hall–Kier alpha value is -3.49. The van der Waals surface area contributed by atoms with Gasteiger partial charge in [-0.3, -0.25) is 9.50 Å². The van der Waals surface area contributed by atoms with Gasteiger partial charge in [-0.15, -0.1) is 0 Å². The van der Waals surface area contributed by atoms with Crippen LogP contribution in [0.2, 0.25) is 0 Å². The number of hydrogen-bond acceptors (Lipinski definition) is 5. The Morgan fingerprint density at radius 1 is 1.15 bits per heavy atom. The molecule has 0 aliphatic heterocycles. The van der Waals surface area contributed by atoms with Crippen molar-refractivity contribution in [2.45, 2.75) is 13.5 Å². The second kappa shape index (κ2) is 6.43. The number of hydrogen-bond donors (Lipinski definition) is 3. The van der Waals surface area contributed by atoms with E-state index in [1.54, 1.807) is 22.9 Å². The number of anilines is 3. The van der Waals surface area contributed by atoms with Gasteiger partial charge in [0.05, 0.1) is 0 Å². The lowest BCUT2D eigenvalue weighted by atomic mass is 10.2. The molecule has 3 heterocycles. The van der Waals surface area contributed by atoms with E-state index in [0.717, 1.165) is 23.9 Å². The zero-order valence-electron chi connectivity index (χ0n) is 13.8. The zero-order chi connectivity index (χ0) is 18.1. The second-order valence-corrected chi connectivity index (χ2v) is 5.77. The Bertz CT molecular complexity index is 1070. The lowest BCUT2D eigenvalue weighted by Crippen LogP contribution is -2.08. The van der Waals surface area contributed by atoms with Crippen molar-refractivity contribution in [3.05, 3.63) is 65.6 Å². The zero-order valence-corrected chi connectivity index (χ0v) is 13.8. The fourth-order valence-corrected chi connectivity index (χ4v) is 2.56. The van der Waals surface area contributed by atoms with Gasteiger partial charge in [-0.2, -0.15) is 10.1 Å². The molecule has 0 amide bonds. The van der Waals surface area contributed by atoms with Crippen molar-refractivity contribution in [3.8, 4) is 0 Å². The number of halogens is 2. The molecule has 0 saturated carbocycles. The van der Waals surface area contributed by atoms with E-state index in [0.29, 0.717) is 23.2 Å². The average molecular weight is 355 g/mol. The summed E-state index contributed by atoms with van der Waals surface area (Å²) in [5.74, 6) is 0.608. The molecule has 0 saturated heterocycles. The van der Waals surface area contributed by atoms with Crippen LogP contribution in [0.25, 0.3) is 5.65 Å². The highest BCUT2D eigenvalue weighted by atomic mass is 19.1. The number of aromatic nitrogens is 5. The number of nitrogens with zero attached hydrogens (tertiary/aromatic N) is 4. The van der Waals surface area contributed by atoms with Crippen LogP contribution in [0.5, 0.6) is 0 Å². The number of nitrogens with one attached hydrogen (secondary N) is 3. The number of aromatic amines is 1. The Kier molecular flexibility index (Phi) is 3.96. The van der Waals surface area contributed by atoms with Crippen LogP contribution < -0.4 is 10.6 Å². The first-order chi connectivity index (χ1) is 12.6. The normalized spacial score (nSPS) is 11.0. The Morgan fingerprint density at radius 2 is 2.04 bits per heavy atom. The molecular weight excluding hydrogens is 340 g/mol. The third kappa shape index (κ3) is 3.18. The predicted octanol–water partition coefficient (Wildman–Crippen LogP) is 3.39. The van der Waals surface area contributed by atoms with Gasteiger partial charge < -0.3 is 10.6 Å². The summed E-state index contributed by atoms with van der Waals surface area (Å²) in [7, 11) is 0. The molecule has 0 aliphatic rings. The molecule has 0 radical (unpaired) electrons. The topological polar surface area (TPSA) is 82.9 Å². The minimum atomic E-state index is -0.490. The van der Waals surface area contributed by atoms with Gasteiger partial charge in [0.25, 0.3) is 0 Å². The van der Waals surface area contributed by atoms with Crippen LogP contribution in [-0.4, -0.2) is 24.6 Å². The quantitative estimate of drug-likeness (QED) is 0.511. The van der Waals surface area contributed by atoms with E-state index < -0.39 is 11.6 Å². The Morgan fingerprint density at radius 3 is 2.85 bits per heavy atom. The van der Waals surface area contributed by atoms with Gasteiger partial charge >= 0.3 is 0 Å². The smallest absolute Gasteiger partial charge is 0.216 e. The maximum atomic E-state index is 13.8. The monoisotopic (exact) mass is 355 g/mol. The number of H-pyrrole nitrogens is 1. The molecule has 4 aromatic rings. The number of fused-ring (bicyclic) bond motifs is 1. The summed E-state index contributed by atoms with van der Waals surface area (Å²) in [5.41, 5.74) is 1.77. The van der Waals surface area contributed by atoms with Gasteiger partial charge in [-0.05, 0) is 25.1 Å². The van der Waals surface area contributed by atoms with Crippen molar-refractivity contribution in [3.63, 3.8) is 0 Å². The van der Waals surface area contributed by atoms with Crippen LogP contribution in [0.3, 0.4) is 0 Å². The summed E-state index contributed by atoms with van der Waals surface area (Å²) in [6.45, 7) is 1.98. The first kappa shape index (κ1) is 16.0. The van der Waals surface area contributed by atoms with E-state index in [4.69, 9.17) is 0 Å². The van der Waals surface area contributed by atoms with E-state index in [1.165, 1.54) is 0 Å². The minimum Gasteiger partial charge on any atom is -0.366 e. The van der Waals surface area contributed by atoms with E-state index >= 15 is 0 Å². The van der Waals surface area contributed by atoms with Crippen LogP contribution in [0.4, 0.5) is 26.4 Å². The van der Waals surface area contributed by atoms with Gasteiger partial charge in [0.15, 0.2) is 5.82 Å². The first-order valence-corrected chi connectivity index (χ1v) is 7.89. The maximum Gasteiger partial charge on any atom is 0.216 e. The lowest BCUT2D eigenvalue weighted by molar-refractivity contribution is 0.587. The van der Waals surface area contributed by atoms with Gasteiger partial charge in [-0.25, -0.2) is 13.8 Å². The highest BCUT2D eigenvalue weighted by Gasteiger charge is 2.10. The summed E-state index contributed by atoms with van der Waals surface area (Å²) < 4.78 is 28.8. The van der Waals surface area contributed by atoms with Gasteiger partial charge in [0.2, 0.25) is 5.95 Å². The van der Waals surface area contributed by atoms with Crippen molar-refractivity contribution in [2.75, 3.05) is 10.6 Å². The average Bonchev–Trinajstić information content (AvgIpc) is 3.24. The molecule has 4 rings (SSSR count). The Labute approximate surface area is 147 Å². The molecular formula is C17H15F2N7. The molecule has 0 bridgehead atoms. The van der Waals surface area contributed by atoms with E-state index in [-0.39, 0.29) is 12.1 Å². The van der Waals surface area contributed by atoms with Crippen LogP contribution in [-0.2, 0) is 6.54 Å². The first-order valence-electron chi connectivity index (χ1n) is 7.89. The van der Waals surface area contributed by atoms with Crippen LogP contribution in [0.15, 0.2) is 42.7 Å². The number of rotatable bonds is 5. The fourth-order valence-electron chi connectivity index (χ4n) is 2.56. The molecule has 0 spiro atoms. The van der Waals surface area contributed by atoms with E-state index in [2.05, 4.69) is 30.8 Å². The molecule has 26 heavy (non-hydrogen) atoms. The molecule has 7 nitrogen and oxygen atoms in total. The summed E-state index contributed by atoms with van der Waals surface area (Å²) in [5, 5.41) is 13.1. The van der Waals surface area contributed by atoms with E-state index in [1.807, 2.05) is 13.0 Å². The molecule has 0 unspecified atom stereocenters. The standard InChI is InChI=1S/C17H15F2N7/c1-10-6-15(25-24-10)23-17-22-14(8-16-20-4-5-26(16)17)21-9-11-7-12(18)2-3-13(11)19/h2-8,21H,9H2,1H3,(H2,22,23,24,25). The number of aryl methyl sites for hydroxylation is 1. The largest absolute Gasteiger partial charge is 0.366 e. The number of benzene rings is 1. The summed E-state index contributed by atoms with van der Waals surface area (Å²) in [6, 6.07) is 6.90. The third-order valence-corrected chi connectivity index (χ3v) is 3.80. The molecule has 0 aliphatic carbocycles. The summed E-state index contributed by atoms with van der Waals surface area (Å²) in [4.78, 5) is 8.73. The minimum absolute atomic E-state index is 0.0917. The summed E-state index contributed by atoms with van der Waals surface area (Å²) >= 11 is 0. The second-order valence-electron chi connectivity index (χ2n) is 5.77. The SMILES string of the molecule is Cc1cc(Nc2nc(NCc3cc(F)ccc3F)cc3nccn23)n[nH]1. The number of imidazole rings is 1. The molecule has 132 valence electrons. The molecule has 3 aromatic heterocycles. The van der Waals surface area contributed by atoms with Crippen molar-refractivity contribution in [2.24, 2.45) is 0 Å². The van der Waals surface area contributed by atoms with Crippen LogP contribution in [0.1, 0.15) is 11.3 Å². The fraction of sp³-hybridized carbons (Fsp3) is 0.118.